The van der Waals surface area contributed by atoms with Gasteiger partial charge in [0.2, 0.25) is 0 Å². The number of anilines is 1. The molecular formula is C11H16N6. The van der Waals surface area contributed by atoms with Crippen LogP contribution in [0, 0.1) is 0 Å². The van der Waals surface area contributed by atoms with Crippen molar-refractivity contribution in [1.29, 1.82) is 0 Å². The zero-order chi connectivity index (χ0) is 11.7. The SMILES string of the molecule is CCN1CCN(c2ccc3nncn3n2)CC1. The summed E-state index contributed by atoms with van der Waals surface area (Å²) >= 11 is 0. The second-order valence-corrected chi connectivity index (χ2v) is 4.25. The number of hydrogen-bond acceptors (Lipinski definition) is 5. The van der Waals surface area contributed by atoms with Gasteiger partial charge in [-0.3, -0.25) is 0 Å². The molecule has 0 radical (unpaired) electrons. The standard InChI is InChI=1S/C11H16N6/c1-2-15-5-7-16(8-6-15)11-4-3-10-13-12-9-17(10)14-11/h3-4,9H,2,5-8H2,1H3. The van der Waals surface area contributed by atoms with Gasteiger partial charge in [-0.15, -0.1) is 15.3 Å². The van der Waals surface area contributed by atoms with Gasteiger partial charge in [-0.05, 0) is 18.7 Å². The van der Waals surface area contributed by atoms with Crippen molar-refractivity contribution in [3.8, 4) is 0 Å². The summed E-state index contributed by atoms with van der Waals surface area (Å²) in [4.78, 5) is 4.76. The molecule has 0 N–H and O–H groups in total. The first kappa shape index (κ1) is 10.5. The molecule has 6 heteroatoms. The topological polar surface area (TPSA) is 49.6 Å². The maximum absolute atomic E-state index is 4.51. The first-order valence-electron chi connectivity index (χ1n) is 6.01. The molecule has 17 heavy (non-hydrogen) atoms. The lowest BCUT2D eigenvalue weighted by molar-refractivity contribution is 0.270. The van der Waals surface area contributed by atoms with Crippen LogP contribution in [0.5, 0.6) is 0 Å². The van der Waals surface area contributed by atoms with Crippen LogP contribution in [-0.2, 0) is 0 Å². The zero-order valence-electron chi connectivity index (χ0n) is 9.95. The van der Waals surface area contributed by atoms with Gasteiger partial charge in [0.15, 0.2) is 5.65 Å². The number of piperazine rings is 1. The maximum atomic E-state index is 4.51. The van der Waals surface area contributed by atoms with E-state index in [4.69, 9.17) is 0 Å². The third-order valence-electron chi connectivity index (χ3n) is 3.29. The van der Waals surface area contributed by atoms with Gasteiger partial charge < -0.3 is 9.80 Å². The van der Waals surface area contributed by atoms with Crippen molar-refractivity contribution in [2.24, 2.45) is 0 Å². The van der Waals surface area contributed by atoms with Gasteiger partial charge in [0.25, 0.3) is 0 Å². The van der Waals surface area contributed by atoms with Crippen molar-refractivity contribution < 1.29 is 0 Å². The highest BCUT2D eigenvalue weighted by Gasteiger charge is 2.17. The van der Waals surface area contributed by atoms with Gasteiger partial charge in [0, 0.05) is 26.2 Å². The van der Waals surface area contributed by atoms with Gasteiger partial charge in [-0.1, -0.05) is 6.92 Å². The highest BCUT2D eigenvalue weighted by molar-refractivity contribution is 5.45. The minimum atomic E-state index is 0.793. The zero-order valence-corrected chi connectivity index (χ0v) is 9.95. The van der Waals surface area contributed by atoms with Crippen LogP contribution >= 0.6 is 0 Å². The molecule has 0 unspecified atom stereocenters. The lowest BCUT2D eigenvalue weighted by Gasteiger charge is -2.34. The Balaban J connectivity index is 1.79. The molecule has 90 valence electrons. The number of likely N-dealkylation sites (N-methyl/N-ethyl adjacent to an activating group) is 1. The van der Waals surface area contributed by atoms with Crippen LogP contribution < -0.4 is 4.90 Å². The molecule has 1 fully saturated rings. The highest BCUT2D eigenvalue weighted by Crippen LogP contribution is 2.13. The quantitative estimate of drug-likeness (QED) is 0.743. The molecule has 0 spiro atoms. The third-order valence-corrected chi connectivity index (χ3v) is 3.29. The summed E-state index contributed by atoms with van der Waals surface area (Å²) in [5.41, 5.74) is 0.793. The van der Waals surface area contributed by atoms with E-state index in [1.807, 2.05) is 12.1 Å². The highest BCUT2D eigenvalue weighted by atomic mass is 15.4. The minimum Gasteiger partial charge on any atom is -0.353 e. The van der Waals surface area contributed by atoms with Gasteiger partial charge in [0.1, 0.15) is 12.1 Å². The Morgan fingerprint density at radius 3 is 2.76 bits per heavy atom. The van der Waals surface area contributed by atoms with Crippen LogP contribution in [0.15, 0.2) is 18.5 Å². The van der Waals surface area contributed by atoms with Gasteiger partial charge in [0.05, 0.1) is 0 Å². The summed E-state index contributed by atoms with van der Waals surface area (Å²) in [6, 6.07) is 3.98. The molecule has 2 aromatic rings. The summed E-state index contributed by atoms with van der Waals surface area (Å²) < 4.78 is 1.72. The predicted molar refractivity (Wildman–Crippen MR) is 65.1 cm³/mol. The average Bonchev–Trinajstić information content (AvgIpc) is 2.86. The Bertz CT molecular complexity index is 499. The molecule has 3 rings (SSSR count). The van der Waals surface area contributed by atoms with Crippen LogP contribution in [-0.4, -0.2) is 57.4 Å². The molecule has 2 aromatic heterocycles. The second kappa shape index (κ2) is 4.29. The van der Waals surface area contributed by atoms with Crippen LogP contribution in [0.1, 0.15) is 6.92 Å². The molecule has 0 atom stereocenters. The van der Waals surface area contributed by atoms with Crippen molar-refractivity contribution in [2.75, 3.05) is 37.6 Å². The molecule has 0 aliphatic carbocycles. The molecule has 1 aliphatic rings. The van der Waals surface area contributed by atoms with Crippen molar-refractivity contribution >= 4 is 11.5 Å². The van der Waals surface area contributed by atoms with E-state index in [-0.39, 0.29) is 0 Å². The maximum Gasteiger partial charge on any atom is 0.177 e. The number of hydrogen-bond donors (Lipinski definition) is 0. The van der Waals surface area contributed by atoms with E-state index in [1.165, 1.54) is 0 Å². The molecule has 3 heterocycles. The lowest BCUT2D eigenvalue weighted by atomic mass is 10.3. The van der Waals surface area contributed by atoms with Crippen LogP contribution in [0.2, 0.25) is 0 Å². The molecule has 1 saturated heterocycles. The van der Waals surface area contributed by atoms with E-state index < -0.39 is 0 Å². The van der Waals surface area contributed by atoms with Crippen molar-refractivity contribution in [3.05, 3.63) is 18.5 Å². The van der Waals surface area contributed by atoms with Crippen molar-refractivity contribution in [2.45, 2.75) is 6.92 Å². The van der Waals surface area contributed by atoms with Crippen molar-refractivity contribution in [3.63, 3.8) is 0 Å². The first-order chi connectivity index (χ1) is 8.36. The summed E-state index contributed by atoms with van der Waals surface area (Å²) in [6.07, 6.45) is 1.64. The van der Waals surface area contributed by atoms with Gasteiger partial charge >= 0.3 is 0 Å². The number of nitrogens with zero attached hydrogens (tertiary/aromatic N) is 6. The van der Waals surface area contributed by atoms with Gasteiger partial charge in [-0.2, -0.15) is 4.52 Å². The largest absolute Gasteiger partial charge is 0.353 e. The number of aromatic nitrogens is 4. The first-order valence-corrected chi connectivity index (χ1v) is 6.01. The molecule has 1 aliphatic heterocycles. The number of fused-ring (bicyclic) bond motifs is 1. The van der Waals surface area contributed by atoms with Crippen molar-refractivity contribution in [1.82, 2.24) is 24.7 Å². The fourth-order valence-corrected chi connectivity index (χ4v) is 2.18. The Morgan fingerprint density at radius 2 is 2.00 bits per heavy atom. The molecule has 0 bridgehead atoms. The number of rotatable bonds is 2. The van der Waals surface area contributed by atoms with E-state index in [0.29, 0.717) is 0 Å². The Labute approximate surface area is 99.8 Å². The Kier molecular flexibility index (Phi) is 2.64. The molecule has 6 nitrogen and oxygen atoms in total. The van der Waals surface area contributed by atoms with E-state index in [2.05, 4.69) is 32.0 Å². The third kappa shape index (κ3) is 1.95. The summed E-state index contributed by atoms with van der Waals surface area (Å²) in [5, 5.41) is 12.3. The summed E-state index contributed by atoms with van der Waals surface area (Å²) in [7, 11) is 0. The second-order valence-electron chi connectivity index (χ2n) is 4.25. The molecule has 0 aromatic carbocycles. The van der Waals surface area contributed by atoms with E-state index in [9.17, 15) is 0 Å². The molecule has 0 amide bonds. The Morgan fingerprint density at radius 1 is 1.18 bits per heavy atom. The predicted octanol–water partition coefficient (Wildman–Crippen LogP) is 0.266. The van der Waals surface area contributed by atoms with E-state index in [0.717, 1.165) is 44.2 Å². The van der Waals surface area contributed by atoms with E-state index in [1.54, 1.807) is 10.8 Å². The average molecular weight is 232 g/mol. The lowest BCUT2D eigenvalue weighted by Crippen LogP contribution is -2.46. The molecule has 0 saturated carbocycles. The van der Waals surface area contributed by atoms with Crippen LogP contribution in [0.3, 0.4) is 0 Å². The minimum absolute atomic E-state index is 0.793. The molecular weight excluding hydrogens is 216 g/mol. The fraction of sp³-hybridized carbons (Fsp3) is 0.545. The summed E-state index contributed by atoms with van der Waals surface area (Å²) in [5.74, 6) is 1.01. The Hall–Kier alpha value is -1.69. The van der Waals surface area contributed by atoms with Crippen LogP contribution in [0.4, 0.5) is 5.82 Å². The monoisotopic (exact) mass is 232 g/mol. The fourth-order valence-electron chi connectivity index (χ4n) is 2.18. The summed E-state index contributed by atoms with van der Waals surface area (Å²) in [6.45, 7) is 7.63. The van der Waals surface area contributed by atoms with E-state index >= 15 is 0 Å². The smallest absolute Gasteiger partial charge is 0.177 e. The normalized spacial score (nSPS) is 17.8. The van der Waals surface area contributed by atoms with Gasteiger partial charge in [-0.25, -0.2) is 0 Å². The van der Waals surface area contributed by atoms with Crippen LogP contribution in [0.25, 0.3) is 5.65 Å².